The van der Waals surface area contributed by atoms with E-state index in [1.165, 1.54) is 25.7 Å². The molecule has 1 heterocycles. The molecule has 0 spiro atoms. The number of carbonyl (C=O) groups excluding carboxylic acids is 1. The number of piperidine rings is 1. The fourth-order valence-corrected chi connectivity index (χ4v) is 3.83. The van der Waals surface area contributed by atoms with Crippen LogP contribution in [0.5, 0.6) is 0 Å². The summed E-state index contributed by atoms with van der Waals surface area (Å²) in [7, 11) is 0. The third-order valence-electron chi connectivity index (χ3n) is 5.43. The van der Waals surface area contributed by atoms with Gasteiger partial charge < -0.3 is 15.0 Å². The van der Waals surface area contributed by atoms with Crippen LogP contribution in [-0.2, 0) is 4.74 Å². The van der Waals surface area contributed by atoms with E-state index in [0.717, 1.165) is 32.5 Å². The number of likely N-dealkylation sites (tertiary alicyclic amines) is 1. The van der Waals surface area contributed by atoms with Crippen molar-refractivity contribution in [3.8, 4) is 0 Å². The van der Waals surface area contributed by atoms with Gasteiger partial charge in [-0.15, -0.1) is 0 Å². The molecular formula is C19H36N2O2. The number of amides is 1. The quantitative estimate of drug-likeness (QED) is 0.846. The van der Waals surface area contributed by atoms with Crippen molar-refractivity contribution in [3.05, 3.63) is 0 Å². The van der Waals surface area contributed by atoms with Crippen LogP contribution in [0.15, 0.2) is 0 Å². The monoisotopic (exact) mass is 324 g/mol. The summed E-state index contributed by atoms with van der Waals surface area (Å²) in [6.07, 6.45) is 7.39. The normalized spacial score (nSPS) is 26.1. The molecule has 1 unspecified atom stereocenters. The van der Waals surface area contributed by atoms with Crippen molar-refractivity contribution >= 4 is 6.09 Å². The van der Waals surface area contributed by atoms with Crippen LogP contribution in [0.25, 0.3) is 0 Å². The van der Waals surface area contributed by atoms with E-state index in [4.69, 9.17) is 4.74 Å². The molecule has 4 heteroatoms. The lowest BCUT2D eigenvalue weighted by Gasteiger charge is -2.41. The molecule has 2 fully saturated rings. The van der Waals surface area contributed by atoms with Crippen LogP contribution in [0.2, 0.25) is 0 Å². The number of rotatable bonds is 3. The summed E-state index contributed by atoms with van der Waals surface area (Å²) in [5, 5.41) is 3.83. The molecule has 1 atom stereocenters. The Balaban J connectivity index is 1.71. The Labute approximate surface area is 142 Å². The first-order valence-electron chi connectivity index (χ1n) is 9.39. The average molecular weight is 325 g/mol. The lowest BCUT2D eigenvalue weighted by molar-refractivity contribution is 0.0180. The molecule has 4 nitrogen and oxygen atoms in total. The Bertz CT molecular complexity index is 393. The molecule has 0 aromatic carbocycles. The fraction of sp³-hybridized carbons (Fsp3) is 0.947. The zero-order chi connectivity index (χ0) is 17.1. The van der Waals surface area contributed by atoms with Gasteiger partial charge in [0.15, 0.2) is 0 Å². The largest absolute Gasteiger partial charge is 0.444 e. The number of nitrogens with one attached hydrogen (secondary N) is 1. The second-order valence-corrected chi connectivity index (χ2v) is 9.11. The first kappa shape index (κ1) is 18.6. The minimum atomic E-state index is -0.401. The SMILES string of the molecule is CC(C)(C)OC(=O)N1CCC(CNC2CCCCC2(C)C)CC1. The van der Waals surface area contributed by atoms with Gasteiger partial charge in [-0.25, -0.2) is 4.79 Å². The Hall–Kier alpha value is -0.770. The van der Waals surface area contributed by atoms with Crippen LogP contribution in [0.1, 0.15) is 73.1 Å². The second kappa shape index (κ2) is 7.42. The van der Waals surface area contributed by atoms with E-state index >= 15 is 0 Å². The van der Waals surface area contributed by atoms with Crippen molar-refractivity contribution in [1.82, 2.24) is 10.2 Å². The lowest BCUT2D eigenvalue weighted by Crippen LogP contribution is -2.48. The molecule has 0 aromatic heterocycles. The summed E-state index contributed by atoms with van der Waals surface area (Å²) < 4.78 is 5.47. The van der Waals surface area contributed by atoms with Crippen molar-refractivity contribution in [2.45, 2.75) is 84.8 Å². The highest BCUT2D eigenvalue weighted by Gasteiger charge is 2.33. The summed E-state index contributed by atoms with van der Waals surface area (Å²) in [6.45, 7) is 13.3. The zero-order valence-corrected chi connectivity index (χ0v) is 15.8. The predicted molar refractivity (Wildman–Crippen MR) is 94.6 cm³/mol. The van der Waals surface area contributed by atoms with Gasteiger partial charge in [0.25, 0.3) is 0 Å². The first-order valence-corrected chi connectivity index (χ1v) is 9.39. The minimum Gasteiger partial charge on any atom is -0.444 e. The van der Waals surface area contributed by atoms with Crippen LogP contribution in [-0.4, -0.2) is 42.3 Å². The average Bonchev–Trinajstić information content (AvgIpc) is 2.44. The predicted octanol–water partition coefficient (Wildman–Crippen LogP) is 4.19. The maximum Gasteiger partial charge on any atom is 0.410 e. The van der Waals surface area contributed by atoms with Gasteiger partial charge in [-0.05, 0) is 64.3 Å². The molecule has 0 bridgehead atoms. The fourth-order valence-electron chi connectivity index (χ4n) is 3.83. The van der Waals surface area contributed by atoms with Gasteiger partial charge in [0.1, 0.15) is 5.60 Å². The summed E-state index contributed by atoms with van der Waals surface area (Å²) in [6, 6.07) is 0.653. The van der Waals surface area contributed by atoms with Crippen molar-refractivity contribution in [3.63, 3.8) is 0 Å². The maximum atomic E-state index is 12.1. The standard InChI is InChI=1S/C19H36N2O2/c1-18(2,3)23-17(22)21-12-9-15(10-13-21)14-20-16-8-6-7-11-19(16,4)5/h15-16,20H,6-14H2,1-5H3. The first-order chi connectivity index (χ1) is 10.7. The number of ether oxygens (including phenoxy) is 1. The summed E-state index contributed by atoms with van der Waals surface area (Å²) in [5.74, 6) is 0.686. The lowest BCUT2D eigenvalue weighted by atomic mass is 9.73. The smallest absolute Gasteiger partial charge is 0.410 e. The van der Waals surface area contributed by atoms with Crippen molar-refractivity contribution in [2.75, 3.05) is 19.6 Å². The Morgan fingerprint density at radius 1 is 1.17 bits per heavy atom. The molecule has 1 aliphatic heterocycles. The topological polar surface area (TPSA) is 41.6 Å². The van der Waals surface area contributed by atoms with Gasteiger partial charge in [0.2, 0.25) is 0 Å². The number of hydrogen-bond donors (Lipinski definition) is 1. The molecule has 0 aromatic rings. The molecule has 1 N–H and O–H groups in total. The molecule has 1 saturated carbocycles. The molecule has 0 radical (unpaired) electrons. The Morgan fingerprint density at radius 3 is 2.39 bits per heavy atom. The van der Waals surface area contributed by atoms with Gasteiger partial charge >= 0.3 is 6.09 Å². The van der Waals surface area contributed by atoms with Crippen molar-refractivity contribution in [2.24, 2.45) is 11.3 Å². The second-order valence-electron chi connectivity index (χ2n) is 9.11. The van der Waals surface area contributed by atoms with E-state index in [0.29, 0.717) is 17.4 Å². The van der Waals surface area contributed by atoms with Crippen LogP contribution < -0.4 is 5.32 Å². The molecular weight excluding hydrogens is 288 g/mol. The number of nitrogens with zero attached hydrogens (tertiary/aromatic N) is 1. The van der Waals surface area contributed by atoms with Gasteiger partial charge in [-0.2, -0.15) is 0 Å². The summed E-state index contributed by atoms with van der Waals surface area (Å²) in [5.41, 5.74) is 0.0253. The van der Waals surface area contributed by atoms with E-state index in [9.17, 15) is 4.79 Å². The third kappa shape index (κ3) is 5.66. The highest BCUT2D eigenvalue weighted by molar-refractivity contribution is 5.68. The molecule has 1 aliphatic carbocycles. The van der Waals surface area contributed by atoms with E-state index in [2.05, 4.69) is 19.2 Å². The van der Waals surface area contributed by atoms with Crippen LogP contribution in [0.4, 0.5) is 4.79 Å². The summed E-state index contributed by atoms with van der Waals surface area (Å²) >= 11 is 0. The van der Waals surface area contributed by atoms with E-state index in [-0.39, 0.29) is 6.09 Å². The number of hydrogen-bond acceptors (Lipinski definition) is 3. The van der Waals surface area contributed by atoms with Crippen LogP contribution >= 0.6 is 0 Å². The van der Waals surface area contributed by atoms with Gasteiger partial charge in [-0.3, -0.25) is 0 Å². The summed E-state index contributed by atoms with van der Waals surface area (Å²) in [4.78, 5) is 14.0. The number of carbonyl (C=O) groups is 1. The third-order valence-corrected chi connectivity index (χ3v) is 5.43. The van der Waals surface area contributed by atoms with Gasteiger partial charge in [0, 0.05) is 19.1 Å². The Kier molecular flexibility index (Phi) is 5.99. The van der Waals surface area contributed by atoms with Crippen molar-refractivity contribution in [1.29, 1.82) is 0 Å². The molecule has 1 saturated heterocycles. The molecule has 134 valence electrons. The molecule has 2 rings (SSSR count). The zero-order valence-electron chi connectivity index (χ0n) is 15.8. The van der Waals surface area contributed by atoms with Crippen molar-refractivity contribution < 1.29 is 9.53 Å². The Morgan fingerprint density at radius 2 is 1.83 bits per heavy atom. The maximum absolute atomic E-state index is 12.1. The van der Waals surface area contributed by atoms with Crippen LogP contribution in [0.3, 0.4) is 0 Å². The molecule has 2 aliphatic rings. The van der Waals surface area contributed by atoms with Gasteiger partial charge in [-0.1, -0.05) is 26.7 Å². The van der Waals surface area contributed by atoms with E-state index in [1.54, 1.807) is 0 Å². The molecule has 1 amide bonds. The minimum absolute atomic E-state index is 0.155. The highest BCUT2D eigenvalue weighted by Crippen LogP contribution is 2.35. The van der Waals surface area contributed by atoms with Gasteiger partial charge in [0.05, 0.1) is 0 Å². The van der Waals surface area contributed by atoms with E-state index < -0.39 is 5.60 Å². The van der Waals surface area contributed by atoms with E-state index in [1.807, 2.05) is 25.7 Å². The highest BCUT2D eigenvalue weighted by atomic mass is 16.6. The van der Waals surface area contributed by atoms with Crippen LogP contribution in [0, 0.1) is 11.3 Å². The molecule has 23 heavy (non-hydrogen) atoms.